The Bertz CT molecular complexity index is 984. The van der Waals surface area contributed by atoms with Crippen LogP contribution in [0.2, 0.25) is 0 Å². The lowest BCUT2D eigenvalue weighted by molar-refractivity contribution is -0.130. The summed E-state index contributed by atoms with van der Waals surface area (Å²) in [7, 11) is 0. The summed E-state index contributed by atoms with van der Waals surface area (Å²) >= 11 is 0. The van der Waals surface area contributed by atoms with E-state index in [2.05, 4.69) is 11.8 Å². The highest BCUT2D eigenvalue weighted by Crippen LogP contribution is 2.63. The lowest BCUT2D eigenvalue weighted by Crippen LogP contribution is -2.53. The van der Waals surface area contributed by atoms with Crippen LogP contribution in [0.3, 0.4) is 0 Å². The molecule has 4 nitrogen and oxygen atoms in total. The van der Waals surface area contributed by atoms with E-state index in [-0.39, 0.29) is 28.6 Å². The zero-order valence-corrected chi connectivity index (χ0v) is 16.1. The Morgan fingerprint density at radius 3 is 2.37 bits per heavy atom. The molecule has 0 saturated heterocycles. The van der Waals surface area contributed by atoms with Crippen LogP contribution in [0.25, 0.3) is 0 Å². The smallest absolute Gasteiger partial charge is 0.196 e. The fourth-order valence-corrected chi connectivity index (χ4v) is 5.18. The number of nitriles is 2. The van der Waals surface area contributed by atoms with Crippen molar-refractivity contribution in [2.24, 2.45) is 22.2 Å². The van der Waals surface area contributed by atoms with Crippen molar-refractivity contribution in [3.05, 3.63) is 34.9 Å². The van der Waals surface area contributed by atoms with Gasteiger partial charge in [0, 0.05) is 17.3 Å². The summed E-state index contributed by atoms with van der Waals surface area (Å²) in [6, 6.07) is 4.04. The van der Waals surface area contributed by atoms with Crippen molar-refractivity contribution in [3.8, 4) is 24.0 Å². The average molecular weight is 358 g/mol. The van der Waals surface area contributed by atoms with Crippen LogP contribution in [-0.2, 0) is 9.59 Å². The minimum absolute atomic E-state index is 0.0396. The van der Waals surface area contributed by atoms with Gasteiger partial charge in [0.05, 0.1) is 16.6 Å². The molecule has 3 aliphatic carbocycles. The fourth-order valence-electron chi connectivity index (χ4n) is 5.18. The Morgan fingerprint density at radius 2 is 1.78 bits per heavy atom. The molecule has 0 heterocycles. The second-order valence-electron chi connectivity index (χ2n) is 8.31. The number of hydrogen-bond acceptors (Lipinski definition) is 4. The van der Waals surface area contributed by atoms with Crippen LogP contribution >= 0.6 is 0 Å². The molecule has 0 bridgehead atoms. The van der Waals surface area contributed by atoms with Crippen molar-refractivity contribution in [1.29, 1.82) is 10.5 Å². The first-order valence-corrected chi connectivity index (χ1v) is 9.24. The maximum atomic E-state index is 12.8. The van der Waals surface area contributed by atoms with Gasteiger partial charge < -0.3 is 0 Å². The number of allylic oxidation sites excluding steroid dienone is 6. The maximum absolute atomic E-state index is 12.8. The Morgan fingerprint density at radius 1 is 1.11 bits per heavy atom. The summed E-state index contributed by atoms with van der Waals surface area (Å²) < 4.78 is 0. The first-order chi connectivity index (χ1) is 12.7. The van der Waals surface area contributed by atoms with E-state index in [4.69, 9.17) is 0 Å². The van der Waals surface area contributed by atoms with E-state index in [1.807, 2.05) is 39.8 Å². The van der Waals surface area contributed by atoms with Crippen molar-refractivity contribution in [2.75, 3.05) is 0 Å². The van der Waals surface area contributed by atoms with E-state index in [9.17, 15) is 20.1 Å². The minimum atomic E-state index is -0.706. The summed E-state index contributed by atoms with van der Waals surface area (Å²) in [6.07, 6.45) is 7.02. The highest BCUT2D eigenvalue weighted by molar-refractivity contribution is 6.09. The predicted molar refractivity (Wildman–Crippen MR) is 101 cm³/mol. The molecule has 3 atom stereocenters. The molecule has 0 aromatic carbocycles. The van der Waals surface area contributed by atoms with E-state index in [0.29, 0.717) is 12.8 Å². The molecule has 0 aromatic heterocycles. The third-order valence-corrected chi connectivity index (χ3v) is 6.42. The Balaban J connectivity index is 2.31. The van der Waals surface area contributed by atoms with Gasteiger partial charge in [-0.3, -0.25) is 9.59 Å². The van der Waals surface area contributed by atoms with Gasteiger partial charge >= 0.3 is 0 Å². The standard InChI is InChI=1S/C23H22N2O2/c1-5-6-8-23-9-7-18-21(2,3)20(27)16(14-25)11-22(18,4)19(23)10-17(26)15(12-23)13-24/h10-12,18H,5,7,9H2,1-4H3. The maximum Gasteiger partial charge on any atom is 0.196 e. The van der Waals surface area contributed by atoms with Gasteiger partial charge in [0.15, 0.2) is 11.6 Å². The molecule has 0 amide bonds. The highest BCUT2D eigenvalue weighted by Gasteiger charge is 2.59. The number of nitrogens with zero attached hydrogens (tertiary/aromatic N) is 2. The molecule has 27 heavy (non-hydrogen) atoms. The molecule has 3 rings (SSSR count). The number of Topliss-reactive ketones (excluding diaryl/α,β-unsaturated/α-hetero) is 1. The van der Waals surface area contributed by atoms with Gasteiger partial charge in [-0.15, -0.1) is 5.92 Å². The zero-order valence-electron chi connectivity index (χ0n) is 16.1. The van der Waals surface area contributed by atoms with Gasteiger partial charge in [0.25, 0.3) is 0 Å². The molecule has 3 unspecified atom stereocenters. The first kappa shape index (κ1) is 18.9. The summed E-state index contributed by atoms with van der Waals surface area (Å²) in [4.78, 5) is 25.3. The molecule has 136 valence electrons. The molecule has 1 saturated carbocycles. The van der Waals surface area contributed by atoms with Crippen LogP contribution in [0.15, 0.2) is 34.9 Å². The molecule has 0 aliphatic heterocycles. The van der Waals surface area contributed by atoms with Crippen LogP contribution in [0.1, 0.15) is 47.0 Å². The molecule has 4 heteroatoms. The number of rotatable bonds is 0. The summed E-state index contributed by atoms with van der Waals surface area (Å²) in [5, 5.41) is 18.9. The van der Waals surface area contributed by atoms with Crippen LogP contribution < -0.4 is 0 Å². The number of carbonyl (C=O) groups is 2. The SMILES string of the molecule is CCC#CC12C=C(C#N)C(=O)C=C1C1(C)C=C(C#N)C(=O)C(C)(C)C1CC2. The van der Waals surface area contributed by atoms with Gasteiger partial charge in [-0.1, -0.05) is 39.7 Å². The highest BCUT2D eigenvalue weighted by atomic mass is 16.1. The Hall–Kier alpha value is -2.90. The van der Waals surface area contributed by atoms with Crippen molar-refractivity contribution in [2.45, 2.75) is 47.0 Å². The number of ketones is 2. The number of carbonyl (C=O) groups excluding carboxylic acids is 2. The lowest BCUT2D eigenvalue weighted by Gasteiger charge is -2.56. The predicted octanol–water partition coefficient (Wildman–Crippen LogP) is 3.82. The lowest BCUT2D eigenvalue weighted by atomic mass is 9.45. The number of fused-ring (bicyclic) bond motifs is 3. The van der Waals surface area contributed by atoms with Crippen molar-refractivity contribution >= 4 is 11.6 Å². The van der Waals surface area contributed by atoms with E-state index in [1.165, 1.54) is 6.08 Å². The monoisotopic (exact) mass is 358 g/mol. The van der Waals surface area contributed by atoms with Gasteiger partial charge in [-0.2, -0.15) is 10.5 Å². The summed E-state index contributed by atoms with van der Waals surface area (Å²) in [5.41, 5.74) is -0.987. The first-order valence-electron chi connectivity index (χ1n) is 9.24. The minimum Gasteiger partial charge on any atom is -0.293 e. The molecule has 1 fully saturated rings. The van der Waals surface area contributed by atoms with Crippen LogP contribution in [0.4, 0.5) is 0 Å². The van der Waals surface area contributed by atoms with E-state index in [0.717, 1.165) is 12.0 Å². The van der Waals surface area contributed by atoms with Crippen LogP contribution in [-0.4, -0.2) is 11.6 Å². The van der Waals surface area contributed by atoms with Crippen LogP contribution in [0, 0.1) is 56.7 Å². The largest absolute Gasteiger partial charge is 0.293 e. The molecule has 3 aliphatic rings. The molecule has 0 spiro atoms. The topological polar surface area (TPSA) is 81.7 Å². The molecule has 0 radical (unpaired) electrons. The van der Waals surface area contributed by atoms with Gasteiger partial charge in [0.1, 0.15) is 12.1 Å². The Kier molecular flexibility index (Phi) is 4.25. The fraction of sp³-hybridized carbons (Fsp3) is 0.478. The quantitative estimate of drug-likeness (QED) is 0.616. The third-order valence-electron chi connectivity index (χ3n) is 6.42. The van der Waals surface area contributed by atoms with Crippen molar-refractivity contribution in [1.82, 2.24) is 0 Å². The molecular formula is C23H22N2O2. The number of hydrogen-bond donors (Lipinski definition) is 0. The summed E-state index contributed by atoms with van der Waals surface area (Å²) in [6.45, 7) is 7.72. The second kappa shape index (κ2) is 6.07. The van der Waals surface area contributed by atoms with Crippen molar-refractivity contribution in [3.63, 3.8) is 0 Å². The average Bonchev–Trinajstić information content (AvgIpc) is 2.63. The van der Waals surface area contributed by atoms with Crippen LogP contribution in [0.5, 0.6) is 0 Å². The molecule has 0 aromatic rings. The Labute approximate surface area is 160 Å². The van der Waals surface area contributed by atoms with E-state index >= 15 is 0 Å². The van der Waals surface area contributed by atoms with Gasteiger partial charge in [-0.05, 0) is 36.5 Å². The summed E-state index contributed by atoms with van der Waals surface area (Å²) in [5.74, 6) is 5.92. The second-order valence-corrected chi connectivity index (χ2v) is 8.31. The van der Waals surface area contributed by atoms with E-state index in [1.54, 1.807) is 12.2 Å². The molecular weight excluding hydrogens is 336 g/mol. The zero-order chi connectivity index (χ0) is 20.0. The van der Waals surface area contributed by atoms with E-state index < -0.39 is 16.2 Å². The van der Waals surface area contributed by atoms with Gasteiger partial charge in [0.2, 0.25) is 0 Å². The van der Waals surface area contributed by atoms with Crippen molar-refractivity contribution < 1.29 is 9.59 Å². The molecule has 0 N–H and O–H groups in total. The normalized spacial score (nSPS) is 33.7. The third kappa shape index (κ3) is 2.50. The van der Waals surface area contributed by atoms with Gasteiger partial charge in [-0.25, -0.2) is 0 Å².